The number of hydrogen-bond donors (Lipinski definition) is 3. The van der Waals surface area contributed by atoms with Crippen LogP contribution in [0.3, 0.4) is 0 Å². The Morgan fingerprint density at radius 1 is 1.12 bits per heavy atom. The molecule has 1 fully saturated rings. The summed E-state index contributed by atoms with van der Waals surface area (Å²) >= 11 is 0. The number of aliphatic hydroxyl groups is 1. The van der Waals surface area contributed by atoms with Gasteiger partial charge in [0.2, 0.25) is 16.0 Å². The van der Waals surface area contributed by atoms with Crippen molar-refractivity contribution in [1.29, 1.82) is 0 Å². The van der Waals surface area contributed by atoms with Crippen molar-refractivity contribution >= 4 is 39.2 Å². The van der Waals surface area contributed by atoms with E-state index in [9.17, 15) is 23.1 Å². The quantitative estimate of drug-likeness (QED) is 0.286. The van der Waals surface area contributed by atoms with Crippen LogP contribution in [0, 0.1) is 0 Å². The molecule has 2 aromatic carbocycles. The molecule has 0 spiro atoms. The summed E-state index contributed by atoms with van der Waals surface area (Å²) in [7, 11) is -3.17. The first-order valence-electron chi connectivity index (χ1n) is 14.1. The van der Waals surface area contributed by atoms with Crippen LogP contribution < -0.4 is 15.5 Å². The second kappa shape index (κ2) is 13.2. The predicted octanol–water partition coefficient (Wildman–Crippen LogP) is 4.01. The fraction of sp³-hybridized carbons (Fsp3) is 0.483. The van der Waals surface area contributed by atoms with E-state index in [4.69, 9.17) is 14.3 Å². The second-order valence-electron chi connectivity index (χ2n) is 11.4. The molecular formula is C29H39N5O8S. The molecule has 4 rings (SSSR count). The maximum Gasteiger partial charge on any atom is 0.413 e. The largest absolute Gasteiger partial charge is 0.453 e. The summed E-state index contributed by atoms with van der Waals surface area (Å²) in [5.41, 5.74) is 0.447. The average Bonchev–Trinajstić information content (AvgIpc) is 3.57. The average molecular weight is 618 g/mol. The summed E-state index contributed by atoms with van der Waals surface area (Å²) in [6.45, 7) is 6.25. The van der Waals surface area contributed by atoms with Gasteiger partial charge in [0.25, 0.3) is 0 Å². The van der Waals surface area contributed by atoms with Crippen LogP contribution in [-0.2, 0) is 26.0 Å². The molecule has 13 nitrogen and oxygen atoms in total. The van der Waals surface area contributed by atoms with Crippen LogP contribution in [0.4, 0.5) is 15.5 Å². The van der Waals surface area contributed by atoms with Gasteiger partial charge in [-0.05, 0) is 77.1 Å². The lowest BCUT2D eigenvalue weighted by Crippen LogP contribution is -2.56. The Morgan fingerprint density at radius 2 is 1.79 bits per heavy atom. The first-order valence-corrected chi connectivity index (χ1v) is 15.5. The number of sulfonamides is 1. The third kappa shape index (κ3) is 7.94. The molecule has 0 aliphatic heterocycles. The molecule has 3 N–H and O–H groups in total. The molecule has 43 heavy (non-hydrogen) atoms. The van der Waals surface area contributed by atoms with Gasteiger partial charge in [-0.25, -0.2) is 23.0 Å². The van der Waals surface area contributed by atoms with Crippen LogP contribution in [0.1, 0.15) is 58.9 Å². The summed E-state index contributed by atoms with van der Waals surface area (Å²) in [6.07, 6.45) is -0.936. The molecule has 2 atom stereocenters. The number of nitrogens with one attached hydrogen (secondary N) is 2. The maximum absolute atomic E-state index is 14.3. The van der Waals surface area contributed by atoms with Crippen LogP contribution in [0.25, 0.3) is 11.0 Å². The van der Waals surface area contributed by atoms with Crippen LogP contribution in [0.5, 0.6) is 0 Å². The molecule has 0 saturated heterocycles. The van der Waals surface area contributed by atoms with Crippen molar-refractivity contribution in [3.63, 3.8) is 0 Å². The topological polar surface area (TPSA) is 161 Å². The van der Waals surface area contributed by atoms with Gasteiger partial charge in [0, 0.05) is 6.54 Å². The number of methoxy groups -OCH3 is 1. The number of amides is 2. The number of carbonyl (C=O) groups is 2. The Kier molecular flexibility index (Phi) is 9.82. The number of benzene rings is 2. The van der Waals surface area contributed by atoms with E-state index in [1.807, 2.05) is 0 Å². The Morgan fingerprint density at radius 3 is 2.40 bits per heavy atom. The van der Waals surface area contributed by atoms with Crippen molar-refractivity contribution in [2.75, 3.05) is 12.4 Å². The normalized spacial score (nSPS) is 15.7. The van der Waals surface area contributed by atoms with E-state index < -0.39 is 40.1 Å². The number of alkyl carbamates (subject to hydrolysis) is 1. The van der Waals surface area contributed by atoms with Crippen molar-refractivity contribution in [2.24, 2.45) is 0 Å². The number of carbonyl (C=O) groups excluding carboxylic acids is 2. The Balaban J connectivity index is 1.79. The smallest absolute Gasteiger partial charge is 0.413 e. The first-order chi connectivity index (χ1) is 20.3. The summed E-state index contributed by atoms with van der Waals surface area (Å²) in [5, 5.41) is 15.8. The summed E-state index contributed by atoms with van der Waals surface area (Å²) in [4.78, 5) is 35.2. The van der Waals surface area contributed by atoms with Crippen LogP contribution in [0.15, 0.2) is 53.4 Å². The third-order valence-corrected chi connectivity index (χ3v) is 8.58. The predicted molar refractivity (Wildman–Crippen MR) is 159 cm³/mol. The van der Waals surface area contributed by atoms with E-state index in [0.29, 0.717) is 16.6 Å². The highest BCUT2D eigenvalue weighted by atomic mass is 32.2. The zero-order valence-electron chi connectivity index (χ0n) is 24.9. The number of nitrogens with zero attached hydrogens (tertiary/aromatic N) is 3. The minimum Gasteiger partial charge on any atom is -0.453 e. The van der Waals surface area contributed by atoms with Gasteiger partial charge in [-0.2, -0.15) is 4.31 Å². The highest BCUT2D eigenvalue weighted by molar-refractivity contribution is 7.89. The minimum atomic E-state index is -4.39. The lowest BCUT2D eigenvalue weighted by atomic mass is 10.2. The van der Waals surface area contributed by atoms with Crippen molar-refractivity contribution in [2.45, 2.75) is 88.8 Å². The van der Waals surface area contributed by atoms with Crippen molar-refractivity contribution in [3.05, 3.63) is 54.1 Å². The van der Waals surface area contributed by atoms with Crippen LogP contribution in [0.2, 0.25) is 0 Å². The number of ether oxygens (including phenoxy) is 2. The Labute approximate surface area is 251 Å². The van der Waals surface area contributed by atoms with E-state index in [-0.39, 0.29) is 23.5 Å². The number of rotatable bonds is 10. The molecule has 234 valence electrons. The van der Waals surface area contributed by atoms with Crippen molar-refractivity contribution in [3.8, 4) is 0 Å². The van der Waals surface area contributed by atoms with E-state index in [0.717, 1.165) is 30.0 Å². The highest BCUT2D eigenvalue weighted by Crippen LogP contribution is 2.29. The van der Waals surface area contributed by atoms with Gasteiger partial charge in [0.05, 0.1) is 23.6 Å². The molecule has 1 aliphatic rings. The van der Waals surface area contributed by atoms with Crippen molar-refractivity contribution < 1.29 is 37.4 Å². The van der Waals surface area contributed by atoms with Gasteiger partial charge in [-0.15, -0.1) is 4.73 Å². The van der Waals surface area contributed by atoms with E-state index in [2.05, 4.69) is 15.6 Å². The molecule has 14 heteroatoms. The summed E-state index contributed by atoms with van der Waals surface area (Å²) in [5.74, 6) is 0.0397. The van der Waals surface area contributed by atoms with E-state index in [1.54, 1.807) is 51.1 Å². The fourth-order valence-electron chi connectivity index (χ4n) is 4.76. The van der Waals surface area contributed by atoms with E-state index >= 15 is 0 Å². The van der Waals surface area contributed by atoms with Crippen LogP contribution >= 0.6 is 0 Å². The van der Waals surface area contributed by atoms with Crippen molar-refractivity contribution in [1.82, 2.24) is 19.3 Å². The van der Waals surface area contributed by atoms with Gasteiger partial charge in [-0.3, -0.25) is 5.32 Å². The van der Waals surface area contributed by atoms with Crippen LogP contribution in [-0.4, -0.2) is 70.8 Å². The number of anilines is 1. The fourth-order valence-corrected chi connectivity index (χ4v) is 6.38. The minimum absolute atomic E-state index is 0.0397. The molecule has 1 heterocycles. The standard InChI is InChI=1S/C29H39N5O8S/c1-19(35)25(31-28(37)41-29(2,3)4)33(18-20-11-7-6-8-12-20)43(38,39)22-15-16-23-24(17-22)34(42-21-13-9-10-14-21)26(30-23)32-27(36)40-5/h6-8,11-12,15-17,19,21,25,35H,9-10,13-14,18H2,1-5H3,(H,31,37)(H,30,32,36)/t19-,25+/m1/s1. The zero-order valence-corrected chi connectivity index (χ0v) is 25.8. The van der Waals surface area contributed by atoms with Gasteiger partial charge in [-0.1, -0.05) is 30.3 Å². The van der Waals surface area contributed by atoms with Gasteiger partial charge in [0.1, 0.15) is 23.4 Å². The number of aromatic nitrogens is 2. The molecule has 0 bridgehead atoms. The Hall–Kier alpha value is -3.88. The SMILES string of the molecule is COC(=O)Nc1nc2ccc(S(=O)(=O)N(Cc3ccccc3)[C@H](NC(=O)OC(C)(C)C)[C@@H](C)O)cc2n1OC1CCCC1. The third-order valence-electron chi connectivity index (χ3n) is 6.76. The van der Waals surface area contributed by atoms with Gasteiger partial charge in [0.15, 0.2) is 0 Å². The Bertz CT molecular complexity index is 1530. The number of aliphatic hydroxyl groups excluding tert-OH is 1. The zero-order chi connectivity index (χ0) is 31.4. The summed E-state index contributed by atoms with van der Waals surface area (Å²) in [6, 6.07) is 13.1. The molecule has 1 aromatic heterocycles. The molecule has 1 aliphatic carbocycles. The highest BCUT2D eigenvalue weighted by Gasteiger charge is 2.37. The number of fused-ring (bicyclic) bond motifs is 1. The second-order valence-corrected chi connectivity index (χ2v) is 13.3. The molecule has 0 radical (unpaired) electrons. The van der Waals surface area contributed by atoms with E-state index in [1.165, 1.54) is 37.0 Å². The monoisotopic (exact) mass is 617 g/mol. The molecule has 2 amide bonds. The maximum atomic E-state index is 14.3. The van der Waals surface area contributed by atoms with Gasteiger partial charge < -0.3 is 24.7 Å². The molecule has 0 unspecified atom stereocenters. The number of hydrogen-bond acceptors (Lipinski definition) is 9. The lowest BCUT2D eigenvalue weighted by Gasteiger charge is -2.34. The molecular weight excluding hydrogens is 578 g/mol. The lowest BCUT2D eigenvalue weighted by molar-refractivity contribution is 0.0301. The summed E-state index contributed by atoms with van der Waals surface area (Å²) < 4.78 is 41.1. The molecule has 3 aromatic rings. The first kappa shape index (κ1) is 32.0. The number of imidazole rings is 1. The van der Waals surface area contributed by atoms with Gasteiger partial charge >= 0.3 is 12.2 Å². The molecule has 1 saturated carbocycles.